The van der Waals surface area contributed by atoms with Crippen LogP contribution in [0.1, 0.15) is 25.0 Å². The van der Waals surface area contributed by atoms with E-state index in [0.29, 0.717) is 0 Å². The Morgan fingerprint density at radius 1 is 1.29 bits per heavy atom. The zero-order valence-corrected chi connectivity index (χ0v) is 9.26. The highest BCUT2D eigenvalue weighted by Gasteiger charge is 2.24. The van der Waals surface area contributed by atoms with Crippen molar-refractivity contribution >= 4 is 17.0 Å². The van der Waals surface area contributed by atoms with Gasteiger partial charge in [-0.2, -0.15) is 0 Å². The molecule has 0 aliphatic rings. The molecule has 1 aromatic carbocycles. The molecule has 0 saturated carbocycles. The number of benzene rings is 1. The Balaban J connectivity index is 2.91. The predicted molar refractivity (Wildman–Crippen MR) is 56.5 cm³/mol. The fourth-order valence-corrected chi connectivity index (χ4v) is 1.41. The fourth-order valence-electron chi connectivity index (χ4n) is 1.21. The molecule has 1 rings (SSSR count). The van der Waals surface area contributed by atoms with Gasteiger partial charge in [0.25, 0.3) is 0 Å². The number of hydrogen-bond donors (Lipinski definition) is 0. The molecular formula is C11H13ClO2. The summed E-state index contributed by atoms with van der Waals surface area (Å²) < 4.78 is 4.99. The van der Waals surface area contributed by atoms with Gasteiger partial charge in [0, 0.05) is 11.6 Å². The lowest BCUT2D eigenvalue weighted by atomic mass is 9.97. The number of carbonyl (C=O) groups excluding carboxylic acids is 1. The molecule has 0 aliphatic carbocycles. The zero-order valence-electron chi connectivity index (χ0n) is 8.50. The van der Waals surface area contributed by atoms with E-state index in [2.05, 4.69) is 0 Å². The highest BCUT2D eigenvalue weighted by Crippen LogP contribution is 2.25. The summed E-state index contributed by atoms with van der Waals surface area (Å²) >= 11 is 5.18. The maximum absolute atomic E-state index is 10.6. The van der Waals surface area contributed by atoms with E-state index in [0.717, 1.165) is 5.56 Å². The summed E-state index contributed by atoms with van der Waals surface area (Å²) in [5, 5.41) is 0. The van der Waals surface area contributed by atoms with Gasteiger partial charge in [0.2, 0.25) is 0 Å². The zero-order chi connectivity index (χ0) is 10.8. The Labute approximate surface area is 88.8 Å². The molecule has 0 bridgehead atoms. The molecule has 0 heterocycles. The summed E-state index contributed by atoms with van der Waals surface area (Å²) in [6, 6.07) is 7.79. The number of rotatable bonds is 2. The Bertz CT molecular complexity index is 328. The summed E-state index contributed by atoms with van der Waals surface area (Å²) in [6.07, 6.45) is 0. The van der Waals surface area contributed by atoms with Gasteiger partial charge in [0.1, 0.15) is 5.60 Å². The van der Waals surface area contributed by atoms with Crippen LogP contribution in [0.2, 0.25) is 0 Å². The molecule has 0 fully saturated rings. The number of hydrogen-bond acceptors (Lipinski definition) is 2. The summed E-state index contributed by atoms with van der Waals surface area (Å²) in [6.45, 7) is 5.61. The van der Waals surface area contributed by atoms with Crippen molar-refractivity contribution in [2.75, 3.05) is 0 Å². The van der Waals surface area contributed by atoms with Crippen molar-refractivity contribution in [3.8, 4) is 0 Å². The van der Waals surface area contributed by atoms with Crippen LogP contribution in [0.15, 0.2) is 24.3 Å². The molecule has 0 aliphatic heterocycles. The first-order valence-corrected chi connectivity index (χ1v) is 4.75. The first-order valence-electron chi connectivity index (χ1n) is 4.37. The van der Waals surface area contributed by atoms with E-state index in [1.165, 1.54) is 5.56 Å². The second-order valence-electron chi connectivity index (χ2n) is 3.72. The van der Waals surface area contributed by atoms with E-state index >= 15 is 0 Å². The molecule has 2 nitrogen and oxygen atoms in total. The molecule has 76 valence electrons. The molecule has 1 aromatic rings. The van der Waals surface area contributed by atoms with Crippen molar-refractivity contribution in [3.63, 3.8) is 0 Å². The third-order valence-electron chi connectivity index (χ3n) is 2.08. The number of aryl methyl sites for hydroxylation is 1. The molecule has 14 heavy (non-hydrogen) atoms. The third kappa shape index (κ3) is 2.74. The van der Waals surface area contributed by atoms with Crippen LogP contribution in [-0.4, -0.2) is 5.43 Å². The lowest BCUT2D eigenvalue weighted by Gasteiger charge is -2.24. The van der Waals surface area contributed by atoms with Crippen LogP contribution in [0.5, 0.6) is 0 Å². The van der Waals surface area contributed by atoms with Crippen molar-refractivity contribution in [2.24, 2.45) is 0 Å². The molecule has 0 spiro atoms. The van der Waals surface area contributed by atoms with Gasteiger partial charge in [-0.1, -0.05) is 29.8 Å². The molecule has 0 atom stereocenters. The van der Waals surface area contributed by atoms with Gasteiger partial charge in [-0.25, -0.2) is 4.79 Å². The number of ether oxygens (including phenoxy) is 1. The standard InChI is InChI=1S/C11H13ClO2/c1-8-4-6-9(7-5-8)11(2,3)14-10(12)13/h4-7H,1-3H3. The predicted octanol–water partition coefficient (Wildman–Crippen LogP) is 3.61. The highest BCUT2D eigenvalue weighted by molar-refractivity contribution is 6.61. The third-order valence-corrected chi connectivity index (χ3v) is 2.16. The summed E-state index contributed by atoms with van der Waals surface area (Å²) in [7, 11) is 0. The molecule has 3 heteroatoms. The summed E-state index contributed by atoms with van der Waals surface area (Å²) in [4.78, 5) is 10.6. The Hall–Kier alpha value is -1.02. The second kappa shape index (κ2) is 4.01. The summed E-state index contributed by atoms with van der Waals surface area (Å²) in [5.41, 5.74) is 0.640. The van der Waals surface area contributed by atoms with Crippen LogP contribution in [0, 0.1) is 6.92 Å². The van der Waals surface area contributed by atoms with E-state index in [4.69, 9.17) is 16.3 Å². The highest BCUT2D eigenvalue weighted by atomic mass is 35.5. The van der Waals surface area contributed by atoms with E-state index in [9.17, 15) is 4.79 Å². The molecule has 0 amide bonds. The van der Waals surface area contributed by atoms with Gasteiger partial charge < -0.3 is 4.74 Å². The van der Waals surface area contributed by atoms with Gasteiger partial charge in [0.05, 0.1) is 0 Å². The van der Waals surface area contributed by atoms with Crippen LogP contribution in [-0.2, 0) is 10.3 Å². The van der Waals surface area contributed by atoms with Gasteiger partial charge >= 0.3 is 5.43 Å². The van der Waals surface area contributed by atoms with E-state index in [1.54, 1.807) is 13.8 Å². The van der Waals surface area contributed by atoms with Crippen molar-refractivity contribution < 1.29 is 9.53 Å². The minimum absolute atomic E-state index is 0.674. The lowest BCUT2D eigenvalue weighted by Crippen LogP contribution is -2.22. The Morgan fingerprint density at radius 3 is 2.21 bits per heavy atom. The average Bonchev–Trinajstić information content (AvgIpc) is 2.02. The Kier molecular flexibility index (Phi) is 3.17. The monoisotopic (exact) mass is 212 g/mol. The van der Waals surface area contributed by atoms with Crippen molar-refractivity contribution in [1.29, 1.82) is 0 Å². The number of halogens is 1. The molecule has 0 aromatic heterocycles. The first kappa shape index (κ1) is 11.1. The van der Waals surface area contributed by atoms with Crippen LogP contribution in [0.25, 0.3) is 0 Å². The average molecular weight is 213 g/mol. The van der Waals surface area contributed by atoms with Crippen LogP contribution >= 0.6 is 11.6 Å². The normalized spacial score (nSPS) is 11.1. The maximum atomic E-state index is 10.6. The van der Waals surface area contributed by atoms with Gasteiger partial charge in [-0.3, -0.25) is 0 Å². The topological polar surface area (TPSA) is 26.3 Å². The maximum Gasteiger partial charge on any atom is 0.404 e. The van der Waals surface area contributed by atoms with Crippen molar-refractivity contribution in [1.82, 2.24) is 0 Å². The van der Waals surface area contributed by atoms with Crippen molar-refractivity contribution in [2.45, 2.75) is 26.4 Å². The van der Waals surface area contributed by atoms with Gasteiger partial charge in [-0.15, -0.1) is 0 Å². The van der Waals surface area contributed by atoms with E-state index in [1.807, 2.05) is 31.2 Å². The summed E-state index contributed by atoms with van der Waals surface area (Å²) in [5.74, 6) is 0. The smallest absolute Gasteiger partial charge is 0.404 e. The van der Waals surface area contributed by atoms with Gasteiger partial charge in [0.15, 0.2) is 0 Å². The molecule has 0 N–H and O–H groups in total. The van der Waals surface area contributed by atoms with Crippen LogP contribution in [0.3, 0.4) is 0 Å². The van der Waals surface area contributed by atoms with E-state index < -0.39 is 11.0 Å². The van der Waals surface area contributed by atoms with Crippen molar-refractivity contribution in [3.05, 3.63) is 35.4 Å². The molecule has 0 saturated heterocycles. The van der Waals surface area contributed by atoms with Crippen LogP contribution in [0.4, 0.5) is 4.79 Å². The number of carbonyl (C=O) groups is 1. The van der Waals surface area contributed by atoms with E-state index in [-0.39, 0.29) is 0 Å². The first-order chi connectivity index (χ1) is 6.42. The quantitative estimate of drug-likeness (QED) is 0.701. The Morgan fingerprint density at radius 2 is 1.79 bits per heavy atom. The lowest BCUT2D eigenvalue weighted by molar-refractivity contribution is 0.0551. The van der Waals surface area contributed by atoms with Crippen LogP contribution < -0.4 is 0 Å². The largest absolute Gasteiger partial charge is 0.443 e. The minimum Gasteiger partial charge on any atom is -0.443 e. The minimum atomic E-state index is -0.782. The molecule has 0 unspecified atom stereocenters. The fraction of sp³-hybridized carbons (Fsp3) is 0.364. The molecular weight excluding hydrogens is 200 g/mol. The van der Waals surface area contributed by atoms with Gasteiger partial charge in [-0.05, 0) is 26.3 Å². The molecule has 0 radical (unpaired) electrons. The SMILES string of the molecule is Cc1ccc(C(C)(C)OC(=O)Cl)cc1. The second-order valence-corrected chi connectivity index (χ2v) is 4.02.